The Bertz CT molecular complexity index is 1300. The highest BCUT2D eigenvalue weighted by atomic mass is 32.1. The van der Waals surface area contributed by atoms with E-state index in [0.717, 1.165) is 26.4 Å². The van der Waals surface area contributed by atoms with Gasteiger partial charge in [-0.3, -0.25) is 4.79 Å². The SMILES string of the molecule is CCOC(=O)c1sc(NC(=O)c2ccc(C#N)cc2)c(-c2nc3ccccc3s2)c1C. The number of benzene rings is 2. The smallest absolute Gasteiger partial charge is 0.348 e. The third kappa shape index (κ3) is 4.06. The van der Waals surface area contributed by atoms with Crippen molar-refractivity contribution in [3.63, 3.8) is 0 Å². The van der Waals surface area contributed by atoms with Crippen LogP contribution in [0.5, 0.6) is 0 Å². The summed E-state index contributed by atoms with van der Waals surface area (Å²) in [5.41, 5.74) is 3.19. The standard InChI is InChI=1S/C23H17N3O3S2/c1-3-29-23(28)19-13(2)18(21-25-16-6-4-5-7-17(16)30-21)22(31-19)26-20(27)15-10-8-14(12-24)9-11-15/h4-11H,3H2,1-2H3,(H,26,27). The molecule has 2 aromatic heterocycles. The van der Waals surface area contributed by atoms with Crippen LogP contribution in [0.2, 0.25) is 0 Å². The van der Waals surface area contributed by atoms with Crippen molar-refractivity contribution in [3.8, 4) is 16.6 Å². The molecule has 31 heavy (non-hydrogen) atoms. The predicted octanol–water partition coefficient (Wildman–Crippen LogP) is 5.63. The molecule has 0 spiro atoms. The van der Waals surface area contributed by atoms with Gasteiger partial charge in [0.25, 0.3) is 5.91 Å². The molecule has 6 nitrogen and oxygen atoms in total. The van der Waals surface area contributed by atoms with E-state index in [2.05, 4.69) is 5.32 Å². The summed E-state index contributed by atoms with van der Waals surface area (Å²) in [4.78, 5) is 30.5. The maximum Gasteiger partial charge on any atom is 0.348 e. The number of ether oxygens (including phenoxy) is 1. The summed E-state index contributed by atoms with van der Waals surface area (Å²) < 4.78 is 6.22. The van der Waals surface area contributed by atoms with Crippen LogP contribution in [-0.4, -0.2) is 23.5 Å². The second-order valence-electron chi connectivity index (χ2n) is 6.61. The number of aromatic nitrogens is 1. The number of amides is 1. The Hall–Kier alpha value is -3.54. The molecule has 0 atom stereocenters. The van der Waals surface area contributed by atoms with Crippen LogP contribution in [0.3, 0.4) is 0 Å². The predicted molar refractivity (Wildman–Crippen MR) is 123 cm³/mol. The molecule has 2 heterocycles. The summed E-state index contributed by atoms with van der Waals surface area (Å²) in [5.74, 6) is -0.755. The molecule has 0 aliphatic rings. The monoisotopic (exact) mass is 447 g/mol. The normalized spacial score (nSPS) is 10.6. The first kappa shape index (κ1) is 20.7. The quantitative estimate of drug-likeness (QED) is 0.400. The highest BCUT2D eigenvalue weighted by Gasteiger charge is 2.25. The Kier molecular flexibility index (Phi) is 5.80. The molecule has 154 valence electrons. The Morgan fingerprint density at radius 2 is 1.87 bits per heavy atom. The minimum Gasteiger partial charge on any atom is -0.462 e. The zero-order chi connectivity index (χ0) is 22.0. The number of carbonyl (C=O) groups excluding carboxylic acids is 2. The van der Waals surface area contributed by atoms with Gasteiger partial charge in [-0.2, -0.15) is 5.26 Å². The van der Waals surface area contributed by atoms with Crippen LogP contribution in [0, 0.1) is 18.3 Å². The largest absolute Gasteiger partial charge is 0.462 e. The van der Waals surface area contributed by atoms with E-state index in [1.54, 1.807) is 31.2 Å². The average Bonchev–Trinajstić information content (AvgIpc) is 3.34. The molecule has 1 N–H and O–H groups in total. The number of rotatable bonds is 5. The van der Waals surface area contributed by atoms with Gasteiger partial charge in [0, 0.05) is 11.1 Å². The van der Waals surface area contributed by atoms with Crippen molar-refractivity contribution in [1.29, 1.82) is 5.26 Å². The third-order valence-electron chi connectivity index (χ3n) is 4.62. The Labute approximate surface area is 186 Å². The summed E-state index contributed by atoms with van der Waals surface area (Å²) in [5, 5.41) is 13.1. The van der Waals surface area contributed by atoms with Gasteiger partial charge in [-0.1, -0.05) is 12.1 Å². The van der Waals surface area contributed by atoms with Crippen LogP contribution in [0.1, 0.15) is 38.1 Å². The molecule has 0 radical (unpaired) electrons. The summed E-state index contributed by atoms with van der Waals surface area (Å²) >= 11 is 2.68. The van der Waals surface area contributed by atoms with Gasteiger partial charge in [0.05, 0.1) is 28.5 Å². The lowest BCUT2D eigenvalue weighted by molar-refractivity contribution is 0.0531. The fourth-order valence-electron chi connectivity index (χ4n) is 3.10. The van der Waals surface area contributed by atoms with Crippen LogP contribution >= 0.6 is 22.7 Å². The number of thiazole rings is 1. The molecule has 0 aliphatic carbocycles. The molecular formula is C23H17N3O3S2. The molecule has 2 aromatic carbocycles. The van der Waals surface area contributed by atoms with Crippen molar-refractivity contribution in [1.82, 2.24) is 4.98 Å². The number of nitrogens with zero attached hydrogens (tertiary/aromatic N) is 2. The van der Waals surface area contributed by atoms with E-state index in [9.17, 15) is 9.59 Å². The lowest BCUT2D eigenvalue weighted by atomic mass is 10.1. The summed E-state index contributed by atoms with van der Waals surface area (Å²) in [7, 11) is 0. The molecular weight excluding hydrogens is 430 g/mol. The molecule has 1 amide bonds. The van der Waals surface area contributed by atoms with Gasteiger partial charge in [0.1, 0.15) is 14.9 Å². The van der Waals surface area contributed by atoms with E-state index < -0.39 is 5.97 Å². The molecule has 0 aliphatic heterocycles. The maximum atomic E-state index is 12.9. The highest BCUT2D eigenvalue weighted by molar-refractivity contribution is 7.23. The van der Waals surface area contributed by atoms with E-state index in [0.29, 0.717) is 21.0 Å². The lowest BCUT2D eigenvalue weighted by Crippen LogP contribution is -2.11. The van der Waals surface area contributed by atoms with E-state index >= 15 is 0 Å². The van der Waals surface area contributed by atoms with Gasteiger partial charge in [-0.05, 0) is 55.8 Å². The van der Waals surface area contributed by atoms with Crippen LogP contribution in [0.4, 0.5) is 5.00 Å². The fraction of sp³-hybridized carbons (Fsp3) is 0.130. The number of hydrogen-bond acceptors (Lipinski definition) is 7. The van der Waals surface area contributed by atoms with Crippen molar-refractivity contribution < 1.29 is 14.3 Å². The zero-order valence-electron chi connectivity index (χ0n) is 16.8. The average molecular weight is 448 g/mol. The van der Waals surface area contributed by atoms with Crippen LogP contribution < -0.4 is 5.32 Å². The molecule has 0 unspecified atom stereocenters. The van der Waals surface area contributed by atoms with Crippen molar-refractivity contribution in [2.45, 2.75) is 13.8 Å². The summed E-state index contributed by atoms with van der Waals surface area (Å²) in [6.45, 7) is 3.85. The van der Waals surface area contributed by atoms with Crippen LogP contribution in [0.15, 0.2) is 48.5 Å². The molecule has 8 heteroatoms. The topological polar surface area (TPSA) is 92.1 Å². The van der Waals surface area contributed by atoms with Crippen LogP contribution in [0.25, 0.3) is 20.8 Å². The van der Waals surface area contributed by atoms with E-state index in [4.69, 9.17) is 15.0 Å². The molecule has 0 saturated carbocycles. The Morgan fingerprint density at radius 3 is 2.55 bits per heavy atom. The molecule has 0 bridgehead atoms. The first-order valence-electron chi connectivity index (χ1n) is 9.49. The maximum absolute atomic E-state index is 12.9. The van der Waals surface area contributed by atoms with Crippen molar-refractivity contribution in [2.75, 3.05) is 11.9 Å². The fourth-order valence-corrected chi connectivity index (χ4v) is 5.34. The zero-order valence-corrected chi connectivity index (χ0v) is 18.4. The number of nitriles is 1. The number of para-hydroxylation sites is 1. The number of fused-ring (bicyclic) bond motifs is 1. The van der Waals surface area contributed by atoms with Gasteiger partial charge in [-0.25, -0.2) is 9.78 Å². The lowest BCUT2D eigenvalue weighted by Gasteiger charge is -2.06. The molecule has 4 rings (SSSR count). The number of thiophene rings is 1. The number of esters is 1. The Morgan fingerprint density at radius 1 is 1.13 bits per heavy atom. The van der Waals surface area contributed by atoms with Crippen molar-refractivity contribution >= 4 is 49.8 Å². The number of nitrogens with one attached hydrogen (secondary N) is 1. The first-order chi connectivity index (χ1) is 15.0. The summed E-state index contributed by atoms with van der Waals surface area (Å²) in [6.07, 6.45) is 0. The number of anilines is 1. The minimum absolute atomic E-state index is 0.263. The number of carbonyl (C=O) groups is 2. The molecule has 4 aromatic rings. The van der Waals surface area contributed by atoms with Gasteiger partial charge < -0.3 is 10.1 Å². The summed E-state index contributed by atoms with van der Waals surface area (Å²) in [6, 6.07) is 16.2. The van der Waals surface area contributed by atoms with Crippen molar-refractivity contribution in [2.24, 2.45) is 0 Å². The minimum atomic E-state index is -0.425. The van der Waals surface area contributed by atoms with Gasteiger partial charge in [0.2, 0.25) is 0 Å². The molecule has 0 saturated heterocycles. The number of hydrogen-bond donors (Lipinski definition) is 1. The second-order valence-corrected chi connectivity index (χ2v) is 8.66. The Balaban J connectivity index is 1.78. The van der Waals surface area contributed by atoms with Crippen LogP contribution in [-0.2, 0) is 4.74 Å². The first-order valence-corrected chi connectivity index (χ1v) is 11.1. The second kappa shape index (κ2) is 8.68. The van der Waals surface area contributed by atoms with E-state index in [1.807, 2.05) is 37.3 Å². The van der Waals surface area contributed by atoms with Gasteiger partial charge in [-0.15, -0.1) is 22.7 Å². The molecule has 0 fully saturated rings. The third-order valence-corrected chi connectivity index (χ3v) is 6.86. The highest BCUT2D eigenvalue weighted by Crippen LogP contribution is 2.43. The van der Waals surface area contributed by atoms with Gasteiger partial charge >= 0.3 is 5.97 Å². The van der Waals surface area contributed by atoms with E-state index in [1.165, 1.54) is 22.7 Å². The van der Waals surface area contributed by atoms with Crippen molar-refractivity contribution in [3.05, 3.63) is 70.1 Å². The van der Waals surface area contributed by atoms with Gasteiger partial charge in [0.15, 0.2) is 0 Å². The van der Waals surface area contributed by atoms with E-state index in [-0.39, 0.29) is 12.5 Å².